The van der Waals surface area contributed by atoms with E-state index in [-0.39, 0.29) is 17.3 Å². The highest BCUT2D eigenvalue weighted by molar-refractivity contribution is 7.89. The van der Waals surface area contributed by atoms with Crippen LogP contribution in [0.2, 0.25) is 0 Å². The van der Waals surface area contributed by atoms with Gasteiger partial charge in [-0.3, -0.25) is 4.79 Å². The van der Waals surface area contributed by atoms with Crippen LogP contribution in [0.25, 0.3) is 0 Å². The molecule has 2 rings (SSSR count). The maximum absolute atomic E-state index is 12.5. The van der Waals surface area contributed by atoms with E-state index >= 15 is 0 Å². The van der Waals surface area contributed by atoms with Gasteiger partial charge in [0.25, 0.3) is 5.91 Å². The van der Waals surface area contributed by atoms with Crippen LogP contribution in [0.15, 0.2) is 72.1 Å². The van der Waals surface area contributed by atoms with Crippen molar-refractivity contribution in [2.45, 2.75) is 4.90 Å². The third-order valence-electron chi connectivity index (χ3n) is 3.59. The topological polar surface area (TPSA) is 75.7 Å². The molecule has 26 heavy (non-hydrogen) atoms. The second-order valence-corrected chi connectivity index (χ2v) is 7.32. The molecular formula is C19H22N2O4S. The van der Waals surface area contributed by atoms with Crippen LogP contribution < -0.4 is 9.46 Å². The largest absolute Gasteiger partial charge is 0.492 e. The molecular weight excluding hydrogens is 352 g/mol. The second kappa shape index (κ2) is 9.17. The van der Waals surface area contributed by atoms with Gasteiger partial charge in [-0.05, 0) is 30.3 Å². The Bertz CT molecular complexity index is 851. The molecule has 0 aliphatic heterocycles. The summed E-state index contributed by atoms with van der Waals surface area (Å²) >= 11 is 0. The van der Waals surface area contributed by atoms with Crippen LogP contribution >= 0.6 is 0 Å². The van der Waals surface area contributed by atoms with Crippen LogP contribution in [0.1, 0.15) is 10.4 Å². The Morgan fingerprint density at radius 1 is 1.19 bits per heavy atom. The van der Waals surface area contributed by atoms with Crippen molar-refractivity contribution in [3.05, 3.63) is 72.8 Å². The smallest absolute Gasteiger partial charge is 0.253 e. The minimum atomic E-state index is -3.67. The molecule has 1 N–H and O–H groups in total. The highest BCUT2D eigenvalue weighted by Gasteiger charge is 2.17. The summed E-state index contributed by atoms with van der Waals surface area (Å²) in [6, 6.07) is 15.3. The first kappa shape index (κ1) is 19.7. The predicted molar refractivity (Wildman–Crippen MR) is 101 cm³/mol. The minimum Gasteiger partial charge on any atom is -0.492 e. The lowest BCUT2D eigenvalue weighted by molar-refractivity contribution is 0.0773. The molecule has 0 saturated carbocycles. The third kappa shape index (κ3) is 5.44. The van der Waals surface area contributed by atoms with Crippen LogP contribution in [0.5, 0.6) is 5.75 Å². The van der Waals surface area contributed by atoms with E-state index in [0.717, 1.165) is 5.75 Å². The number of para-hydroxylation sites is 1. The van der Waals surface area contributed by atoms with Gasteiger partial charge in [-0.15, -0.1) is 6.58 Å². The molecule has 7 heteroatoms. The molecule has 138 valence electrons. The molecule has 6 nitrogen and oxygen atoms in total. The quantitative estimate of drug-likeness (QED) is 0.684. The van der Waals surface area contributed by atoms with Crippen molar-refractivity contribution >= 4 is 15.9 Å². The van der Waals surface area contributed by atoms with Crippen LogP contribution in [0.4, 0.5) is 0 Å². The van der Waals surface area contributed by atoms with Gasteiger partial charge in [0.1, 0.15) is 12.4 Å². The maximum Gasteiger partial charge on any atom is 0.253 e. The summed E-state index contributed by atoms with van der Waals surface area (Å²) in [7, 11) is -2.03. The predicted octanol–water partition coefficient (Wildman–Crippen LogP) is 2.30. The molecule has 0 saturated heterocycles. The summed E-state index contributed by atoms with van der Waals surface area (Å²) < 4.78 is 32.3. The normalized spacial score (nSPS) is 11.0. The summed E-state index contributed by atoms with van der Waals surface area (Å²) in [5.41, 5.74) is 0.300. The number of amides is 1. The minimum absolute atomic E-state index is 0.0409. The van der Waals surface area contributed by atoms with Crippen molar-refractivity contribution in [2.75, 3.05) is 26.7 Å². The molecule has 0 unspecified atom stereocenters. The van der Waals surface area contributed by atoms with E-state index in [4.69, 9.17) is 4.74 Å². The van der Waals surface area contributed by atoms with E-state index < -0.39 is 10.0 Å². The Morgan fingerprint density at radius 2 is 1.92 bits per heavy atom. The summed E-state index contributed by atoms with van der Waals surface area (Å²) in [6.07, 6.45) is 1.45. The van der Waals surface area contributed by atoms with Gasteiger partial charge in [-0.2, -0.15) is 0 Å². The van der Waals surface area contributed by atoms with E-state index in [2.05, 4.69) is 11.3 Å². The molecule has 0 atom stereocenters. The second-order valence-electron chi connectivity index (χ2n) is 5.56. The zero-order chi connectivity index (χ0) is 19.0. The number of carbonyl (C=O) groups is 1. The summed E-state index contributed by atoms with van der Waals surface area (Å²) in [4.78, 5) is 14.1. The molecule has 0 aliphatic rings. The molecule has 0 spiro atoms. The lowest BCUT2D eigenvalue weighted by Crippen LogP contribution is -2.31. The van der Waals surface area contributed by atoms with Crippen LogP contribution in [-0.2, 0) is 10.0 Å². The zero-order valence-electron chi connectivity index (χ0n) is 14.6. The van der Waals surface area contributed by atoms with Gasteiger partial charge in [0, 0.05) is 19.2 Å². The molecule has 1 amide bonds. The lowest BCUT2D eigenvalue weighted by atomic mass is 10.2. The molecule has 0 heterocycles. The fraction of sp³-hybridized carbons (Fsp3) is 0.211. The number of carbonyl (C=O) groups excluding carboxylic acids is 1. The first-order valence-electron chi connectivity index (χ1n) is 8.08. The Labute approximate surface area is 154 Å². The highest BCUT2D eigenvalue weighted by atomic mass is 32.2. The first-order chi connectivity index (χ1) is 12.4. The van der Waals surface area contributed by atoms with Gasteiger partial charge in [0.15, 0.2) is 0 Å². The van der Waals surface area contributed by atoms with Crippen molar-refractivity contribution in [1.82, 2.24) is 9.62 Å². The van der Waals surface area contributed by atoms with Crippen molar-refractivity contribution in [2.24, 2.45) is 0 Å². The Balaban J connectivity index is 2.00. The Kier molecular flexibility index (Phi) is 6.94. The molecule has 0 fully saturated rings. The number of benzene rings is 2. The standard InChI is InChI=1S/C19H22N2O4S/c1-3-12-20-26(23,24)18-11-7-8-16(15-18)19(22)21(2)13-14-25-17-9-5-4-6-10-17/h3-11,15,20H,1,12-14H2,2H3. The summed E-state index contributed by atoms with van der Waals surface area (Å²) in [6.45, 7) is 4.31. The number of rotatable bonds is 9. The number of hydrogen-bond acceptors (Lipinski definition) is 4. The zero-order valence-corrected chi connectivity index (χ0v) is 15.4. The van der Waals surface area contributed by atoms with Gasteiger partial charge >= 0.3 is 0 Å². The van der Waals surface area contributed by atoms with Crippen molar-refractivity contribution in [3.8, 4) is 5.75 Å². The number of ether oxygens (including phenoxy) is 1. The van der Waals surface area contributed by atoms with Crippen molar-refractivity contribution < 1.29 is 17.9 Å². The monoisotopic (exact) mass is 374 g/mol. The third-order valence-corrected chi connectivity index (χ3v) is 5.02. The molecule has 0 radical (unpaired) electrons. The van der Waals surface area contributed by atoms with Gasteiger partial charge in [-0.1, -0.05) is 30.3 Å². The van der Waals surface area contributed by atoms with E-state index in [1.54, 1.807) is 19.2 Å². The fourth-order valence-electron chi connectivity index (χ4n) is 2.19. The number of sulfonamides is 1. The van der Waals surface area contributed by atoms with Gasteiger partial charge in [0.2, 0.25) is 10.0 Å². The van der Waals surface area contributed by atoms with Gasteiger partial charge in [0.05, 0.1) is 11.4 Å². The average Bonchev–Trinajstić information content (AvgIpc) is 2.66. The molecule has 2 aromatic rings. The number of likely N-dealkylation sites (N-methyl/N-ethyl adjacent to an activating group) is 1. The fourth-order valence-corrected chi connectivity index (χ4v) is 3.23. The number of nitrogens with zero attached hydrogens (tertiary/aromatic N) is 1. The van der Waals surface area contributed by atoms with E-state index in [1.165, 1.54) is 23.1 Å². The van der Waals surface area contributed by atoms with Crippen LogP contribution in [-0.4, -0.2) is 46.0 Å². The van der Waals surface area contributed by atoms with Crippen molar-refractivity contribution in [3.63, 3.8) is 0 Å². The SMILES string of the molecule is C=CCNS(=O)(=O)c1cccc(C(=O)N(C)CCOc2ccccc2)c1. The Hall–Kier alpha value is -2.64. The molecule has 0 bridgehead atoms. The lowest BCUT2D eigenvalue weighted by Gasteiger charge is -2.18. The van der Waals surface area contributed by atoms with Crippen molar-refractivity contribution in [1.29, 1.82) is 0 Å². The summed E-state index contributed by atoms with van der Waals surface area (Å²) in [5, 5.41) is 0. The number of nitrogens with one attached hydrogen (secondary N) is 1. The number of hydrogen-bond donors (Lipinski definition) is 1. The first-order valence-corrected chi connectivity index (χ1v) is 9.56. The summed E-state index contributed by atoms with van der Waals surface area (Å²) in [5.74, 6) is 0.456. The average molecular weight is 374 g/mol. The van der Waals surface area contributed by atoms with E-state index in [1.807, 2.05) is 30.3 Å². The van der Waals surface area contributed by atoms with Crippen LogP contribution in [0.3, 0.4) is 0 Å². The van der Waals surface area contributed by atoms with Gasteiger partial charge in [-0.25, -0.2) is 13.1 Å². The molecule has 0 aromatic heterocycles. The van der Waals surface area contributed by atoms with Crippen LogP contribution in [0, 0.1) is 0 Å². The van der Waals surface area contributed by atoms with Gasteiger partial charge < -0.3 is 9.64 Å². The molecule has 2 aromatic carbocycles. The highest BCUT2D eigenvalue weighted by Crippen LogP contribution is 2.13. The molecule has 0 aliphatic carbocycles. The van der Waals surface area contributed by atoms with E-state index in [0.29, 0.717) is 18.7 Å². The van der Waals surface area contributed by atoms with E-state index in [9.17, 15) is 13.2 Å². The maximum atomic E-state index is 12.5. The Morgan fingerprint density at radius 3 is 2.62 bits per heavy atom.